The van der Waals surface area contributed by atoms with Crippen LogP contribution >= 0.6 is 0 Å². The molecule has 2 aliphatic rings. The number of fused-ring (bicyclic) bond motifs is 1. The summed E-state index contributed by atoms with van der Waals surface area (Å²) >= 11 is 0. The van der Waals surface area contributed by atoms with E-state index in [0.29, 0.717) is 13.1 Å². The maximum absolute atomic E-state index is 13.3. The number of carbonyl (C=O) groups excluding carboxylic acids is 2. The number of amides is 3. The number of hydrogen-bond donors (Lipinski definition) is 0. The molecule has 3 aromatic rings. The molecule has 2 heterocycles. The molecule has 1 fully saturated rings. The maximum Gasteiger partial charge on any atom is 0.328 e. The summed E-state index contributed by atoms with van der Waals surface area (Å²) in [7, 11) is 3.29. The Morgan fingerprint density at radius 3 is 1.78 bits per heavy atom. The van der Waals surface area contributed by atoms with Gasteiger partial charge in [0, 0.05) is 33.7 Å². The van der Waals surface area contributed by atoms with Gasteiger partial charge in [-0.2, -0.15) is 0 Å². The van der Waals surface area contributed by atoms with Crippen LogP contribution in [0.2, 0.25) is 0 Å². The van der Waals surface area contributed by atoms with Crippen molar-refractivity contribution in [2.75, 3.05) is 27.2 Å². The number of nitrogens with zero attached hydrogens (tertiary/aromatic N) is 5. The number of benzene rings is 3. The van der Waals surface area contributed by atoms with Gasteiger partial charge in [0.25, 0.3) is 5.91 Å². The molecule has 0 radical (unpaired) electrons. The van der Waals surface area contributed by atoms with Crippen molar-refractivity contribution >= 4 is 17.8 Å². The van der Waals surface area contributed by atoms with E-state index in [4.69, 9.17) is 4.99 Å². The Morgan fingerprint density at radius 1 is 0.730 bits per heavy atom. The second kappa shape index (κ2) is 11.0. The topological polar surface area (TPSA) is 59.5 Å². The molecule has 5 rings (SSSR count). The van der Waals surface area contributed by atoms with E-state index in [9.17, 15) is 9.59 Å². The molecule has 7 nitrogen and oxygen atoms in total. The number of imide groups is 1. The van der Waals surface area contributed by atoms with Gasteiger partial charge in [0.1, 0.15) is 5.84 Å². The minimum atomic E-state index is -0.516. The van der Waals surface area contributed by atoms with Crippen molar-refractivity contribution in [3.05, 3.63) is 108 Å². The fraction of sp³-hybridized carbons (Fsp3) is 0.300. The van der Waals surface area contributed by atoms with E-state index in [-0.39, 0.29) is 11.9 Å². The fourth-order valence-corrected chi connectivity index (χ4v) is 5.17. The number of amidine groups is 1. The van der Waals surface area contributed by atoms with E-state index >= 15 is 0 Å². The van der Waals surface area contributed by atoms with Gasteiger partial charge in [0.15, 0.2) is 12.2 Å². The number of carbonyl (C=O) groups is 2. The monoisotopic (exact) mass is 495 g/mol. The smallest absolute Gasteiger partial charge is 0.328 e. The molecule has 2 aliphatic heterocycles. The van der Waals surface area contributed by atoms with Crippen molar-refractivity contribution in [3.63, 3.8) is 0 Å². The molecule has 0 spiro atoms. The van der Waals surface area contributed by atoms with E-state index in [1.54, 1.807) is 19.0 Å². The predicted molar refractivity (Wildman–Crippen MR) is 145 cm³/mol. The lowest BCUT2D eigenvalue weighted by molar-refractivity contribution is -0.136. The highest BCUT2D eigenvalue weighted by atomic mass is 16.2. The van der Waals surface area contributed by atoms with Crippen molar-refractivity contribution in [1.29, 1.82) is 0 Å². The summed E-state index contributed by atoms with van der Waals surface area (Å²) in [5.74, 6) is 0.652. The van der Waals surface area contributed by atoms with Crippen LogP contribution in [-0.4, -0.2) is 76.8 Å². The van der Waals surface area contributed by atoms with Crippen LogP contribution in [0.3, 0.4) is 0 Å². The third-order valence-electron chi connectivity index (χ3n) is 7.15. The lowest BCUT2D eigenvalue weighted by Gasteiger charge is -2.40. The van der Waals surface area contributed by atoms with Gasteiger partial charge in [-0.05, 0) is 23.1 Å². The zero-order valence-electron chi connectivity index (χ0n) is 21.4. The Labute approximate surface area is 218 Å². The highest BCUT2D eigenvalue weighted by Gasteiger charge is 2.50. The van der Waals surface area contributed by atoms with Gasteiger partial charge in [0.2, 0.25) is 0 Å². The van der Waals surface area contributed by atoms with Crippen LogP contribution in [0.1, 0.15) is 16.7 Å². The summed E-state index contributed by atoms with van der Waals surface area (Å²) in [4.78, 5) is 38.4. The van der Waals surface area contributed by atoms with Crippen LogP contribution in [0, 0.1) is 0 Å². The van der Waals surface area contributed by atoms with Crippen LogP contribution in [0.15, 0.2) is 96.0 Å². The molecule has 0 saturated carbocycles. The minimum absolute atomic E-state index is 0.197. The molecule has 7 heteroatoms. The summed E-state index contributed by atoms with van der Waals surface area (Å²) in [5, 5.41) is 0. The molecule has 0 N–H and O–H groups in total. The van der Waals surface area contributed by atoms with Crippen LogP contribution in [-0.2, 0) is 24.3 Å². The van der Waals surface area contributed by atoms with Gasteiger partial charge < -0.3 is 9.80 Å². The van der Waals surface area contributed by atoms with Gasteiger partial charge in [-0.25, -0.2) is 9.79 Å². The summed E-state index contributed by atoms with van der Waals surface area (Å²) in [6, 6.07) is 30.2. The van der Waals surface area contributed by atoms with E-state index in [1.165, 1.54) is 21.6 Å². The standard InChI is InChI=1S/C30H33N5O2/c1-32-28-27(29(36)33(2)30(32)37)35(19-18-23-12-6-3-7-13-23)26(31-28)22-34(20-24-14-8-4-9-15-24)21-25-16-10-5-11-17-25/h3-17,27-28H,18-22H2,1-2H3. The second-order valence-corrected chi connectivity index (χ2v) is 9.74. The Bertz CT molecular complexity index is 1210. The lowest BCUT2D eigenvalue weighted by Crippen LogP contribution is -2.64. The van der Waals surface area contributed by atoms with Crippen molar-refractivity contribution < 1.29 is 9.59 Å². The normalized spacial score (nSPS) is 19.4. The van der Waals surface area contributed by atoms with Crippen molar-refractivity contribution in [3.8, 4) is 0 Å². The number of urea groups is 1. The summed E-state index contributed by atoms with van der Waals surface area (Å²) in [5.41, 5.74) is 3.64. The van der Waals surface area contributed by atoms with Crippen LogP contribution in [0.4, 0.5) is 4.79 Å². The fourth-order valence-electron chi connectivity index (χ4n) is 5.17. The average molecular weight is 496 g/mol. The van der Waals surface area contributed by atoms with Crippen molar-refractivity contribution in [2.24, 2.45) is 4.99 Å². The van der Waals surface area contributed by atoms with Gasteiger partial charge in [-0.1, -0.05) is 91.0 Å². The molecule has 37 heavy (non-hydrogen) atoms. The lowest BCUT2D eigenvalue weighted by atomic mass is 10.1. The third-order valence-corrected chi connectivity index (χ3v) is 7.15. The van der Waals surface area contributed by atoms with Crippen LogP contribution < -0.4 is 0 Å². The van der Waals surface area contributed by atoms with Crippen LogP contribution in [0.25, 0.3) is 0 Å². The molecule has 0 bridgehead atoms. The Balaban J connectivity index is 1.44. The first-order valence-corrected chi connectivity index (χ1v) is 12.7. The van der Waals surface area contributed by atoms with E-state index < -0.39 is 12.2 Å². The average Bonchev–Trinajstić information content (AvgIpc) is 3.29. The predicted octanol–water partition coefficient (Wildman–Crippen LogP) is 3.86. The highest BCUT2D eigenvalue weighted by Crippen LogP contribution is 2.28. The summed E-state index contributed by atoms with van der Waals surface area (Å²) < 4.78 is 0. The third kappa shape index (κ3) is 5.42. The number of rotatable bonds is 9. The van der Waals surface area contributed by atoms with E-state index in [0.717, 1.165) is 25.3 Å². The van der Waals surface area contributed by atoms with Gasteiger partial charge >= 0.3 is 6.03 Å². The Morgan fingerprint density at radius 2 is 1.24 bits per heavy atom. The first kappa shape index (κ1) is 24.7. The number of aliphatic imine (C=N–C) groups is 1. The minimum Gasteiger partial charge on any atom is -0.343 e. The molecular weight excluding hydrogens is 462 g/mol. The molecule has 2 atom stereocenters. The van der Waals surface area contributed by atoms with Crippen molar-refractivity contribution in [2.45, 2.75) is 31.7 Å². The Kier molecular flexibility index (Phi) is 7.32. The first-order valence-electron chi connectivity index (χ1n) is 12.7. The largest absolute Gasteiger partial charge is 0.343 e. The molecule has 0 aromatic heterocycles. The van der Waals surface area contributed by atoms with E-state index in [2.05, 4.69) is 70.5 Å². The number of likely N-dealkylation sites (N-methyl/N-ethyl adjacent to an activating group) is 2. The molecule has 3 aromatic carbocycles. The molecule has 1 saturated heterocycles. The SMILES string of the molecule is CN1C(=O)C2C(N=C(CN(Cc3ccccc3)Cc3ccccc3)N2CCc2ccccc2)N(C)C1=O. The second-order valence-electron chi connectivity index (χ2n) is 9.74. The zero-order valence-corrected chi connectivity index (χ0v) is 21.4. The van der Waals surface area contributed by atoms with Crippen LogP contribution in [0.5, 0.6) is 0 Å². The molecule has 3 amide bonds. The summed E-state index contributed by atoms with van der Waals surface area (Å²) in [6.07, 6.45) is 0.270. The number of hydrogen-bond acceptors (Lipinski definition) is 5. The van der Waals surface area contributed by atoms with Gasteiger partial charge in [0.05, 0.1) is 6.54 Å². The first-order chi connectivity index (χ1) is 18.0. The van der Waals surface area contributed by atoms with Crippen molar-refractivity contribution in [1.82, 2.24) is 19.6 Å². The zero-order chi connectivity index (χ0) is 25.8. The molecule has 2 unspecified atom stereocenters. The highest BCUT2D eigenvalue weighted by molar-refractivity contribution is 6.04. The maximum atomic E-state index is 13.3. The molecular formula is C30H33N5O2. The Hall–Kier alpha value is -3.97. The quantitative estimate of drug-likeness (QED) is 0.452. The molecule has 190 valence electrons. The van der Waals surface area contributed by atoms with Gasteiger partial charge in [-0.15, -0.1) is 0 Å². The summed E-state index contributed by atoms with van der Waals surface area (Å²) in [6.45, 7) is 2.72. The molecule has 0 aliphatic carbocycles. The van der Waals surface area contributed by atoms with Gasteiger partial charge in [-0.3, -0.25) is 14.6 Å². The van der Waals surface area contributed by atoms with E-state index in [1.807, 2.05) is 30.3 Å².